The molecular weight excluding hydrogens is 282 g/mol. The van der Waals surface area contributed by atoms with Crippen LogP contribution in [0.1, 0.15) is 27.6 Å². The topological polar surface area (TPSA) is 96.6 Å². The van der Waals surface area contributed by atoms with Gasteiger partial charge in [-0.1, -0.05) is 0 Å². The third-order valence-corrected chi connectivity index (χ3v) is 3.33. The molecule has 0 radical (unpaired) electrons. The van der Waals surface area contributed by atoms with E-state index in [4.69, 9.17) is 9.68 Å². The highest BCUT2D eigenvalue weighted by Crippen LogP contribution is 2.27. The summed E-state index contributed by atoms with van der Waals surface area (Å²) in [4.78, 5) is 19.7. The molecule has 7 nitrogen and oxygen atoms in total. The summed E-state index contributed by atoms with van der Waals surface area (Å²) in [5.41, 5.74) is 2.77. The monoisotopic (exact) mass is 293 g/mol. The first-order valence-corrected chi connectivity index (χ1v) is 6.42. The Hall–Kier alpha value is -3.27. The van der Waals surface area contributed by atoms with Gasteiger partial charge >= 0.3 is 0 Å². The van der Waals surface area contributed by atoms with Crippen molar-refractivity contribution < 1.29 is 9.21 Å². The van der Waals surface area contributed by atoms with Gasteiger partial charge < -0.3 is 4.42 Å². The summed E-state index contributed by atoms with van der Waals surface area (Å²) < 4.78 is 6.89. The van der Waals surface area contributed by atoms with Gasteiger partial charge in [-0.25, -0.2) is 14.5 Å². The van der Waals surface area contributed by atoms with Gasteiger partial charge in [-0.3, -0.25) is 4.79 Å². The zero-order valence-electron chi connectivity index (χ0n) is 12.0. The minimum atomic E-state index is -0.485. The van der Waals surface area contributed by atoms with Crippen LogP contribution in [0, 0.1) is 25.2 Å². The van der Waals surface area contributed by atoms with Crippen LogP contribution < -0.4 is 0 Å². The molecule has 0 aliphatic heterocycles. The zero-order valence-corrected chi connectivity index (χ0v) is 12.0. The molecule has 0 N–H and O–H groups in total. The van der Waals surface area contributed by atoms with Crippen molar-refractivity contribution in [2.24, 2.45) is 4.99 Å². The van der Waals surface area contributed by atoms with Crippen LogP contribution in [0.5, 0.6) is 0 Å². The van der Waals surface area contributed by atoms with Crippen LogP contribution in [-0.2, 0) is 0 Å². The number of rotatable bonds is 2. The molecule has 0 spiro atoms. The van der Waals surface area contributed by atoms with E-state index < -0.39 is 5.91 Å². The Morgan fingerprint density at radius 2 is 2.23 bits per heavy atom. The maximum absolute atomic E-state index is 11.8. The normalized spacial score (nSPS) is 10.6. The van der Waals surface area contributed by atoms with Gasteiger partial charge in [0, 0.05) is 17.3 Å². The molecule has 3 aromatic heterocycles. The molecule has 0 saturated carbocycles. The largest absolute Gasteiger partial charge is 0.450 e. The van der Waals surface area contributed by atoms with Crippen LogP contribution in [0.15, 0.2) is 27.7 Å². The van der Waals surface area contributed by atoms with Crippen molar-refractivity contribution in [1.29, 1.82) is 5.26 Å². The number of aliphatic imine (C=N–C) groups is 1. The second-order valence-corrected chi connectivity index (χ2v) is 4.73. The van der Waals surface area contributed by atoms with Gasteiger partial charge in [0.1, 0.15) is 17.4 Å². The van der Waals surface area contributed by atoms with Crippen LogP contribution in [0.3, 0.4) is 0 Å². The van der Waals surface area contributed by atoms with Crippen LogP contribution in [0.2, 0.25) is 0 Å². The van der Waals surface area contributed by atoms with Gasteiger partial charge in [0.05, 0.1) is 11.9 Å². The number of carbonyl (C=O) groups excluding carboxylic acids is 1. The van der Waals surface area contributed by atoms with E-state index in [-0.39, 0.29) is 11.3 Å². The Morgan fingerprint density at radius 3 is 2.86 bits per heavy atom. The summed E-state index contributed by atoms with van der Waals surface area (Å²) in [5, 5.41) is 13.1. The van der Waals surface area contributed by atoms with Gasteiger partial charge in [-0.2, -0.15) is 10.4 Å². The van der Waals surface area contributed by atoms with Crippen molar-refractivity contribution in [2.45, 2.75) is 13.8 Å². The van der Waals surface area contributed by atoms with E-state index in [2.05, 4.69) is 21.8 Å². The Kier molecular flexibility index (Phi) is 3.07. The van der Waals surface area contributed by atoms with Crippen molar-refractivity contribution in [3.63, 3.8) is 0 Å². The lowest BCUT2D eigenvalue weighted by molar-refractivity contribution is 0.100. The second-order valence-electron chi connectivity index (χ2n) is 4.73. The lowest BCUT2D eigenvalue weighted by Gasteiger charge is -2.04. The molecule has 7 heteroatoms. The third kappa shape index (κ3) is 1.98. The van der Waals surface area contributed by atoms with Gasteiger partial charge in [0.15, 0.2) is 5.65 Å². The molecule has 0 unspecified atom stereocenters. The fourth-order valence-electron chi connectivity index (χ4n) is 2.28. The van der Waals surface area contributed by atoms with Gasteiger partial charge in [0.2, 0.25) is 5.76 Å². The van der Waals surface area contributed by atoms with Crippen molar-refractivity contribution in [3.05, 3.63) is 41.1 Å². The summed E-state index contributed by atoms with van der Waals surface area (Å²) in [6.07, 6.45) is 1.42. The molecule has 0 aromatic carbocycles. The molecule has 22 heavy (non-hydrogen) atoms. The molecule has 3 rings (SSSR count). The molecule has 3 aromatic rings. The number of hydrogen-bond donors (Lipinski definition) is 0. The Labute approximate surface area is 125 Å². The SMILES string of the molecule is C=NC(=O)c1cnn2c(C)cc(-c3cc(C#N)oc3C)nc12. The summed E-state index contributed by atoms with van der Waals surface area (Å²) in [5.74, 6) is 0.312. The number of carbonyl (C=O) groups is 1. The van der Waals surface area contributed by atoms with Crippen LogP contribution in [0.25, 0.3) is 16.9 Å². The lowest BCUT2D eigenvalue weighted by atomic mass is 10.1. The number of nitrogens with zero attached hydrogens (tertiary/aromatic N) is 5. The molecule has 0 bridgehead atoms. The molecular formula is C15H11N5O2. The van der Waals surface area contributed by atoms with Crippen LogP contribution in [0.4, 0.5) is 0 Å². The standard InChI is InChI=1S/C15H11N5O2/c1-8-4-13(11-5-10(6-16)22-9(11)2)19-14-12(15(21)17-3)7-18-20(8)14/h4-5,7H,3H2,1-2H3. The maximum Gasteiger partial charge on any atom is 0.281 e. The van der Waals surface area contributed by atoms with E-state index in [1.165, 1.54) is 6.20 Å². The zero-order chi connectivity index (χ0) is 15.9. The molecule has 3 heterocycles. The van der Waals surface area contributed by atoms with Crippen molar-refractivity contribution in [1.82, 2.24) is 14.6 Å². The first kappa shape index (κ1) is 13.7. The van der Waals surface area contributed by atoms with E-state index in [1.807, 2.05) is 19.1 Å². The number of nitriles is 1. The van der Waals surface area contributed by atoms with E-state index in [0.29, 0.717) is 22.7 Å². The summed E-state index contributed by atoms with van der Waals surface area (Å²) in [7, 11) is 0. The number of furan rings is 1. The molecule has 1 amide bonds. The van der Waals surface area contributed by atoms with Crippen LogP contribution in [-0.4, -0.2) is 27.2 Å². The average molecular weight is 293 g/mol. The van der Waals surface area contributed by atoms with Gasteiger partial charge in [0.25, 0.3) is 5.91 Å². The molecule has 0 fully saturated rings. The number of fused-ring (bicyclic) bond motifs is 1. The summed E-state index contributed by atoms with van der Waals surface area (Å²) >= 11 is 0. The second kappa shape index (κ2) is 4.93. The number of hydrogen-bond acceptors (Lipinski definition) is 5. The van der Waals surface area contributed by atoms with E-state index in [9.17, 15) is 4.79 Å². The lowest BCUT2D eigenvalue weighted by Crippen LogP contribution is -2.00. The highest BCUT2D eigenvalue weighted by Gasteiger charge is 2.17. The third-order valence-electron chi connectivity index (χ3n) is 3.33. The smallest absolute Gasteiger partial charge is 0.281 e. The van der Waals surface area contributed by atoms with Gasteiger partial charge in [-0.05, 0) is 26.6 Å². The maximum atomic E-state index is 11.8. The van der Waals surface area contributed by atoms with Gasteiger partial charge in [-0.15, -0.1) is 0 Å². The number of aromatic nitrogens is 3. The van der Waals surface area contributed by atoms with E-state index in [0.717, 1.165) is 5.69 Å². The van der Waals surface area contributed by atoms with Crippen LogP contribution >= 0.6 is 0 Å². The predicted octanol–water partition coefficient (Wildman–Crippen LogP) is 2.32. The first-order valence-electron chi connectivity index (χ1n) is 6.42. The Bertz CT molecular complexity index is 958. The highest BCUT2D eigenvalue weighted by atomic mass is 16.3. The molecule has 0 aliphatic carbocycles. The first-order chi connectivity index (χ1) is 10.5. The predicted molar refractivity (Wildman–Crippen MR) is 78.8 cm³/mol. The Balaban J connectivity index is 2.27. The van der Waals surface area contributed by atoms with Crippen molar-refractivity contribution in [2.75, 3.05) is 0 Å². The van der Waals surface area contributed by atoms with Crippen molar-refractivity contribution >= 4 is 18.3 Å². The molecule has 108 valence electrons. The number of amides is 1. The quantitative estimate of drug-likeness (QED) is 0.675. The molecule has 0 aliphatic rings. The minimum Gasteiger partial charge on any atom is -0.450 e. The van der Waals surface area contributed by atoms with Crippen molar-refractivity contribution in [3.8, 4) is 17.3 Å². The highest BCUT2D eigenvalue weighted by molar-refractivity contribution is 6.02. The minimum absolute atomic E-state index is 0.212. The molecule has 0 atom stereocenters. The van der Waals surface area contributed by atoms with E-state index in [1.54, 1.807) is 17.5 Å². The fourth-order valence-corrected chi connectivity index (χ4v) is 2.28. The van der Waals surface area contributed by atoms with E-state index >= 15 is 0 Å². The fraction of sp³-hybridized carbons (Fsp3) is 0.133. The molecule has 0 saturated heterocycles. The average Bonchev–Trinajstić information content (AvgIpc) is 3.10. The Morgan fingerprint density at radius 1 is 1.45 bits per heavy atom. The number of aryl methyl sites for hydroxylation is 2. The summed E-state index contributed by atoms with van der Waals surface area (Å²) in [6.45, 7) is 6.84. The summed E-state index contributed by atoms with van der Waals surface area (Å²) in [6, 6.07) is 5.39.